The Balaban J connectivity index is 2.75. The molecule has 0 radical (unpaired) electrons. The van der Waals surface area contributed by atoms with E-state index in [-0.39, 0.29) is 30.4 Å². The van der Waals surface area contributed by atoms with Crippen molar-refractivity contribution in [1.82, 2.24) is 10.3 Å². The smallest absolute Gasteiger partial charge is 0.268 e. The van der Waals surface area contributed by atoms with Gasteiger partial charge in [0.2, 0.25) is 11.8 Å². The predicted octanol–water partition coefficient (Wildman–Crippen LogP) is -0.389. The molecule has 0 saturated carbocycles. The van der Waals surface area contributed by atoms with E-state index in [0.717, 1.165) is 11.4 Å². The first-order valence-corrected chi connectivity index (χ1v) is 6.31. The average molecular weight is 268 g/mol. The van der Waals surface area contributed by atoms with Gasteiger partial charge in [0.1, 0.15) is 11.8 Å². The van der Waals surface area contributed by atoms with Gasteiger partial charge in [0.25, 0.3) is 5.91 Å². The van der Waals surface area contributed by atoms with Gasteiger partial charge in [0, 0.05) is 19.9 Å². The molecule has 7 nitrogen and oxygen atoms in total. The van der Waals surface area contributed by atoms with Crippen LogP contribution in [0.3, 0.4) is 0 Å². The Morgan fingerprint density at radius 1 is 1.47 bits per heavy atom. The van der Waals surface area contributed by atoms with E-state index in [9.17, 15) is 14.4 Å². The summed E-state index contributed by atoms with van der Waals surface area (Å²) in [5.74, 6) is -1.19. The molecule has 0 fully saturated rings. The number of primary amides is 1. The number of nitrogens with zero attached hydrogens (tertiary/aromatic N) is 2. The van der Waals surface area contributed by atoms with Gasteiger partial charge in [-0.05, 0) is 5.92 Å². The third-order valence-electron chi connectivity index (χ3n) is 3.28. The highest BCUT2D eigenvalue weighted by molar-refractivity contribution is 6.39. The fraction of sp³-hybridized carbons (Fsp3) is 0.667. The number of carbonyl (C=O) groups is 3. The molecular formula is C12H20N4O3. The van der Waals surface area contributed by atoms with Crippen LogP contribution in [0.25, 0.3) is 0 Å². The third kappa shape index (κ3) is 3.77. The number of nitrogens with one attached hydrogen (secondary N) is 1. The van der Waals surface area contributed by atoms with Crippen LogP contribution in [0.1, 0.15) is 33.1 Å². The summed E-state index contributed by atoms with van der Waals surface area (Å²) in [6, 6.07) is -0.719. The summed E-state index contributed by atoms with van der Waals surface area (Å²) in [6.45, 7) is 3.76. The topological polar surface area (TPSA) is 105 Å². The molecule has 3 amide bonds. The first kappa shape index (κ1) is 15.1. The second-order valence-electron chi connectivity index (χ2n) is 4.70. The quantitative estimate of drug-likeness (QED) is 0.709. The monoisotopic (exact) mass is 268 g/mol. The number of rotatable bonds is 5. The molecule has 0 aromatic rings. The highest BCUT2D eigenvalue weighted by Gasteiger charge is 2.28. The van der Waals surface area contributed by atoms with Crippen molar-refractivity contribution in [2.45, 2.75) is 39.2 Å². The Labute approximate surface area is 112 Å². The van der Waals surface area contributed by atoms with Gasteiger partial charge in [0.05, 0.1) is 0 Å². The number of carbonyl (C=O) groups excluding carboxylic acids is 3. The van der Waals surface area contributed by atoms with E-state index in [1.165, 1.54) is 7.05 Å². The van der Waals surface area contributed by atoms with Crippen molar-refractivity contribution in [1.29, 1.82) is 0 Å². The van der Waals surface area contributed by atoms with Crippen molar-refractivity contribution >= 4 is 23.4 Å². The fourth-order valence-corrected chi connectivity index (χ4v) is 1.79. The number of hydrazone groups is 1. The minimum atomic E-state index is -0.719. The highest BCUT2D eigenvalue weighted by atomic mass is 16.2. The Morgan fingerprint density at radius 2 is 2.11 bits per heavy atom. The highest BCUT2D eigenvalue weighted by Crippen LogP contribution is 2.10. The van der Waals surface area contributed by atoms with Gasteiger partial charge in [-0.3, -0.25) is 14.4 Å². The predicted molar refractivity (Wildman–Crippen MR) is 70.0 cm³/mol. The number of nitrogens with two attached hydrogens (primary N) is 1. The van der Waals surface area contributed by atoms with E-state index in [0.29, 0.717) is 0 Å². The van der Waals surface area contributed by atoms with Crippen molar-refractivity contribution in [3.63, 3.8) is 0 Å². The molecule has 1 aliphatic heterocycles. The molecule has 3 N–H and O–H groups in total. The zero-order valence-electron chi connectivity index (χ0n) is 11.5. The summed E-state index contributed by atoms with van der Waals surface area (Å²) in [6.07, 6.45) is 1.24. The van der Waals surface area contributed by atoms with Gasteiger partial charge in [0.15, 0.2) is 0 Å². The molecule has 0 aromatic heterocycles. The average Bonchev–Trinajstić information content (AvgIpc) is 2.37. The molecule has 0 aromatic carbocycles. The lowest BCUT2D eigenvalue weighted by Gasteiger charge is -2.23. The SMILES string of the molecule is CCC(C)C(NC(=O)C1=NN(C)C(=O)CC1)C(N)=O. The third-order valence-corrected chi connectivity index (χ3v) is 3.28. The van der Waals surface area contributed by atoms with Gasteiger partial charge in [-0.1, -0.05) is 20.3 Å². The molecule has 19 heavy (non-hydrogen) atoms. The lowest BCUT2D eigenvalue weighted by atomic mass is 9.98. The van der Waals surface area contributed by atoms with Crippen LogP contribution >= 0.6 is 0 Å². The van der Waals surface area contributed by atoms with Gasteiger partial charge < -0.3 is 11.1 Å². The van der Waals surface area contributed by atoms with E-state index in [1.807, 2.05) is 13.8 Å². The van der Waals surface area contributed by atoms with E-state index >= 15 is 0 Å². The molecule has 1 rings (SSSR count). The van der Waals surface area contributed by atoms with E-state index in [2.05, 4.69) is 10.4 Å². The minimum Gasteiger partial charge on any atom is -0.368 e. The van der Waals surface area contributed by atoms with Crippen LogP contribution in [0.5, 0.6) is 0 Å². The zero-order valence-corrected chi connectivity index (χ0v) is 11.5. The van der Waals surface area contributed by atoms with Crippen LogP contribution in [-0.2, 0) is 14.4 Å². The maximum atomic E-state index is 12.0. The van der Waals surface area contributed by atoms with Crippen LogP contribution in [0.15, 0.2) is 5.10 Å². The van der Waals surface area contributed by atoms with Gasteiger partial charge in [-0.15, -0.1) is 0 Å². The van der Waals surface area contributed by atoms with Crippen LogP contribution < -0.4 is 11.1 Å². The van der Waals surface area contributed by atoms with Gasteiger partial charge >= 0.3 is 0 Å². The Hall–Kier alpha value is -1.92. The van der Waals surface area contributed by atoms with Crippen molar-refractivity contribution in [3.05, 3.63) is 0 Å². The standard InChI is InChI=1S/C12H20N4O3/c1-4-7(2)10(11(13)18)14-12(19)8-5-6-9(17)16(3)15-8/h7,10H,4-6H2,1-3H3,(H2,13,18)(H,14,19). The second kappa shape index (κ2) is 6.31. The molecular weight excluding hydrogens is 248 g/mol. The lowest BCUT2D eigenvalue weighted by molar-refractivity contribution is -0.130. The molecule has 0 bridgehead atoms. The summed E-state index contributed by atoms with van der Waals surface area (Å²) < 4.78 is 0. The number of hydrogen-bond acceptors (Lipinski definition) is 4. The maximum Gasteiger partial charge on any atom is 0.268 e. The van der Waals surface area contributed by atoms with Crippen molar-refractivity contribution < 1.29 is 14.4 Å². The number of amides is 3. The first-order chi connectivity index (χ1) is 8.86. The zero-order chi connectivity index (χ0) is 14.6. The van der Waals surface area contributed by atoms with Crippen molar-refractivity contribution in [2.75, 3.05) is 7.05 Å². The van der Waals surface area contributed by atoms with Crippen molar-refractivity contribution in [3.8, 4) is 0 Å². The van der Waals surface area contributed by atoms with E-state index in [1.54, 1.807) is 0 Å². The first-order valence-electron chi connectivity index (χ1n) is 6.31. The van der Waals surface area contributed by atoms with Crippen LogP contribution in [0.2, 0.25) is 0 Å². The molecule has 0 saturated heterocycles. The van der Waals surface area contributed by atoms with Crippen LogP contribution in [0, 0.1) is 5.92 Å². The largest absolute Gasteiger partial charge is 0.368 e. The van der Waals surface area contributed by atoms with E-state index in [4.69, 9.17) is 5.73 Å². The molecule has 2 atom stereocenters. The number of hydrogen-bond donors (Lipinski definition) is 2. The molecule has 1 aliphatic rings. The maximum absolute atomic E-state index is 12.0. The van der Waals surface area contributed by atoms with E-state index < -0.39 is 17.9 Å². The lowest BCUT2D eigenvalue weighted by Crippen LogP contribution is -2.51. The Morgan fingerprint density at radius 3 is 2.58 bits per heavy atom. The molecule has 106 valence electrons. The molecule has 1 heterocycles. The van der Waals surface area contributed by atoms with Crippen LogP contribution in [-0.4, -0.2) is 41.5 Å². The Bertz CT molecular complexity index is 419. The minimum absolute atomic E-state index is 0.0509. The molecule has 2 unspecified atom stereocenters. The summed E-state index contributed by atoms with van der Waals surface area (Å²) in [7, 11) is 1.50. The Kier molecular flexibility index (Phi) is 5.02. The van der Waals surface area contributed by atoms with Crippen molar-refractivity contribution in [2.24, 2.45) is 16.8 Å². The summed E-state index contributed by atoms with van der Waals surface area (Å²) >= 11 is 0. The molecule has 0 aliphatic carbocycles. The molecule has 7 heteroatoms. The van der Waals surface area contributed by atoms with Gasteiger partial charge in [-0.2, -0.15) is 5.10 Å². The summed E-state index contributed by atoms with van der Waals surface area (Å²) in [4.78, 5) is 34.6. The molecule has 0 spiro atoms. The summed E-state index contributed by atoms with van der Waals surface area (Å²) in [5.41, 5.74) is 5.53. The second-order valence-corrected chi connectivity index (χ2v) is 4.70. The van der Waals surface area contributed by atoms with Crippen LogP contribution in [0.4, 0.5) is 0 Å². The van der Waals surface area contributed by atoms with Gasteiger partial charge in [-0.25, -0.2) is 5.01 Å². The fourth-order valence-electron chi connectivity index (χ4n) is 1.79. The summed E-state index contributed by atoms with van der Waals surface area (Å²) in [5, 5.41) is 7.63. The normalized spacial score (nSPS) is 18.6.